The lowest BCUT2D eigenvalue weighted by molar-refractivity contribution is 0.0680. The summed E-state index contributed by atoms with van der Waals surface area (Å²) in [6, 6.07) is 9.64. The molecule has 2 atom stereocenters. The highest BCUT2D eigenvalue weighted by molar-refractivity contribution is 6.32. The van der Waals surface area contributed by atoms with E-state index in [4.69, 9.17) is 16.6 Å². The van der Waals surface area contributed by atoms with Crippen molar-refractivity contribution in [3.63, 3.8) is 0 Å². The van der Waals surface area contributed by atoms with Crippen molar-refractivity contribution in [1.29, 1.82) is 0 Å². The third-order valence-electron chi connectivity index (χ3n) is 6.77. The highest BCUT2D eigenvalue weighted by Gasteiger charge is 2.66. The van der Waals surface area contributed by atoms with Gasteiger partial charge in [-0.15, -0.1) is 0 Å². The second-order valence-electron chi connectivity index (χ2n) is 8.56. The number of hydrogen-bond acceptors (Lipinski definition) is 4. The third kappa shape index (κ3) is 2.59. The molecular weight excluding hydrogens is 412 g/mol. The normalized spacial score (nSPS) is 22.2. The highest BCUT2D eigenvalue weighted by Crippen LogP contribution is 2.62. The topological polar surface area (TPSA) is 79.7 Å². The van der Waals surface area contributed by atoms with Gasteiger partial charge < -0.3 is 9.88 Å². The van der Waals surface area contributed by atoms with Gasteiger partial charge in [-0.1, -0.05) is 23.2 Å². The van der Waals surface area contributed by atoms with E-state index in [1.807, 2.05) is 49.1 Å². The van der Waals surface area contributed by atoms with Gasteiger partial charge in [0.25, 0.3) is 5.91 Å². The Bertz CT molecular complexity index is 1340. The van der Waals surface area contributed by atoms with Crippen LogP contribution in [0.25, 0.3) is 16.7 Å². The van der Waals surface area contributed by atoms with Gasteiger partial charge >= 0.3 is 0 Å². The smallest absolute Gasteiger partial charge is 0.256 e. The first-order valence-electron chi connectivity index (χ1n) is 10.4. The molecule has 2 aromatic carbocycles. The van der Waals surface area contributed by atoms with E-state index in [-0.39, 0.29) is 11.4 Å². The number of carbonyl (C=O) groups is 1. The molecule has 156 valence electrons. The first kappa shape index (κ1) is 18.6. The van der Waals surface area contributed by atoms with Crippen LogP contribution in [0.4, 0.5) is 0 Å². The quantitative estimate of drug-likeness (QED) is 0.526. The van der Waals surface area contributed by atoms with E-state index in [0.29, 0.717) is 28.7 Å². The zero-order valence-corrected chi connectivity index (χ0v) is 18.0. The van der Waals surface area contributed by atoms with Crippen LogP contribution in [0.15, 0.2) is 42.7 Å². The van der Waals surface area contributed by atoms with Crippen LogP contribution in [-0.4, -0.2) is 42.3 Å². The summed E-state index contributed by atoms with van der Waals surface area (Å²) in [5.74, 6) is 1.27. The Hall–Kier alpha value is -3.19. The number of carbonyl (C=O) groups excluding carboxylic acids is 1. The van der Waals surface area contributed by atoms with Crippen molar-refractivity contribution in [2.75, 3.05) is 6.54 Å². The molecule has 2 aliphatic rings. The zero-order valence-electron chi connectivity index (χ0n) is 17.3. The number of nitrogens with one attached hydrogen (secondary N) is 1. The number of imidazole rings is 1. The number of amides is 1. The molecule has 1 aliphatic heterocycles. The van der Waals surface area contributed by atoms with Gasteiger partial charge in [-0.05, 0) is 62.4 Å². The SMILES string of the molecule is Cc1ccc(-n2nccn2)c(C(=O)N2CC[C@@H]3C[C@@]32c2nc3c(C)c(Cl)ccc3[nH]2)c1. The van der Waals surface area contributed by atoms with E-state index >= 15 is 0 Å². The summed E-state index contributed by atoms with van der Waals surface area (Å²) in [5, 5.41) is 9.18. The molecule has 6 rings (SSSR count). The number of aryl methyl sites for hydroxylation is 2. The van der Waals surface area contributed by atoms with Gasteiger partial charge in [0.1, 0.15) is 11.4 Å². The molecule has 1 amide bonds. The largest absolute Gasteiger partial charge is 0.340 e. The fraction of sp³-hybridized carbons (Fsp3) is 0.304. The molecule has 8 heteroatoms. The summed E-state index contributed by atoms with van der Waals surface area (Å²) < 4.78 is 0. The van der Waals surface area contributed by atoms with Crippen LogP contribution in [-0.2, 0) is 5.54 Å². The average molecular weight is 433 g/mol. The summed E-state index contributed by atoms with van der Waals surface area (Å²) in [4.78, 5) is 25.8. The fourth-order valence-corrected chi connectivity index (χ4v) is 5.20. The van der Waals surface area contributed by atoms with E-state index in [1.165, 1.54) is 4.80 Å². The number of aromatic amines is 1. The molecule has 0 unspecified atom stereocenters. The Morgan fingerprint density at radius 3 is 2.77 bits per heavy atom. The van der Waals surface area contributed by atoms with Crippen LogP contribution in [0.3, 0.4) is 0 Å². The van der Waals surface area contributed by atoms with E-state index in [0.717, 1.165) is 40.8 Å². The lowest BCUT2D eigenvalue weighted by Gasteiger charge is -2.28. The Kier molecular flexibility index (Phi) is 3.84. The van der Waals surface area contributed by atoms with Gasteiger partial charge in [-0.25, -0.2) is 4.98 Å². The molecule has 0 radical (unpaired) electrons. The van der Waals surface area contributed by atoms with Gasteiger partial charge in [-0.3, -0.25) is 4.79 Å². The van der Waals surface area contributed by atoms with Crippen LogP contribution < -0.4 is 0 Å². The van der Waals surface area contributed by atoms with Crippen molar-refractivity contribution >= 4 is 28.5 Å². The molecule has 0 bridgehead atoms. The maximum Gasteiger partial charge on any atom is 0.256 e. The zero-order chi connectivity index (χ0) is 21.3. The molecule has 1 N–H and O–H groups in total. The van der Waals surface area contributed by atoms with Gasteiger partial charge in [0.05, 0.1) is 34.7 Å². The summed E-state index contributed by atoms with van der Waals surface area (Å²) in [5.41, 5.74) is 4.72. The second-order valence-corrected chi connectivity index (χ2v) is 8.97. The molecule has 31 heavy (non-hydrogen) atoms. The predicted molar refractivity (Wildman–Crippen MR) is 117 cm³/mol. The summed E-state index contributed by atoms with van der Waals surface area (Å²) in [6.45, 7) is 4.67. The standard InChI is InChI=1S/C23H21ClN6O/c1-13-3-6-19(30-25-8-9-26-30)16(11-13)21(31)29-10-7-15-12-23(15,29)22-27-18-5-4-17(24)14(2)20(18)28-22/h3-6,8-9,11,15H,7,10,12H2,1-2H3,(H,27,28)/t15-,23+/m1/s1. The minimum Gasteiger partial charge on any atom is -0.340 e. The van der Waals surface area contributed by atoms with Crippen LogP contribution >= 0.6 is 11.6 Å². The van der Waals surface area contributed by atoms with Crippen molar-refractivity contribution < 1.29 is 4.79 Å². The number of piperidine rings is 1. The van der Waals surface area contributed by atoms with Crippen LogP contribution in [0.2, 0.25) is 5.02 Å². The molecule has 1 saturated carbocycles. The molecule has 3 heterocycles. The number of halogens is 1. The Morgan fingerprint density at radius 2 is 2.00 bits per heavy atom. The van der Waals surface area contributed by atoms with Gasteiger partial charge in [0.2, 0.25) is 0 Å². The Morgan fingerprint density at radius 1 is 1.19 bits per heavy atom. The molecule has 2 fully saturated rings. The maximum atomic E-state index is 13.9. The van der Waals surface area contributed by atoms with Crippen LogP contribution in [0.1, 0.15) is 40.2 Å². The van der Waals surface area contributed by atoms with E-state index in [9.17, 15) is 4.79 Å². The number of rotatable bonds is 3. The Labute approximate surface area is 184 Å². The summed E-state index contributed by atoms with van der Waals surface area (Å²) in [6.07, 6.45) is 5.13. The number of fused-ring (bicyclic) bond motifs is 2. The minimum atomic E-state index is -0.381. The number of nitrogens with zero attached hydrogens (tertiary/aromatic N) is 5. The van der Waals surface area contributed by atoms with Crippen molar-refractivity contribution in [1.82, 2.24) is 29.9 Å². The highest BCUT2D eigenvalue weighted by atomic mass is 35.5. The summed E-state index contributed by atoms with van der Waals surface area (Å²) in [7, 11) is 0. The van der Waals surface area contributed by atoms with Crippen molar-refractivity contribution in [3.05, 3.63) is 70.3 Å². The number of benzene rings is 2. The first-order chi connectivity index (χ1) is 15.0. The number of hydrogen-bond donors (Lipinski definition) is 1. The van der Waals surface area contributed by atoms with Gasteiger partial charge in [-0.2, -0.15) is 15.0 Å². The molecular formula is C23H21ClN6O. The monoisotopic (exact) mass is 432 g/mol. The van der Waals surface area contributed by atoms with E-state index < -0.39 is 0 Å². The van der Waals surface area contributed by atoms with Crippen molar-refractivity contribution in [2.45, 2.75) is 32.2 Å². The molecule has 0 spiro atoms. The van der Waals surface area contributed by atoms with Crippen LogP contribution in [0, 0.1) is 19.8 Å². The number of likely N-dealkylation sites (tertiary alicyclic amines) is 1. The molecule has 1 saturated heterocycles. The van der Waals surface area contributed by atoms with E-state index in [1.54, 1.807) is 12.4 Å². The fourth-order valence-electron chi connectivity index (χ4n) is 5.05. The maximum absolute atomic E-state index is 13.9. The summed E-state index contributed by atoms with van der Waals surface area (Å²) >= 11 is 6.31. The van der Waals surface area contributed by atoms with Crippen molar-refractivity contribution in [3.8, 4) is 5.69 Å². The number of aromatic nitrogens is 5. The lowest BCUT2D eigenvalue weighted by atomic mass is 10.1. The molecule has 7 nitrogen and oxygen atoms in total. The predicted octanol–water partition coefficient (Wildman–Crippen LogP) is 4.18. The lowest BCUT2D eigenvalue weighted by Crippen LogP contribution is -2.39. The average Bonchev–Trinajstić information content (AvgIpc) is 3.20. The molecule has 2 aromatic heterocycles. The molecule has 1 aliphatic carbocycles. The third-order valence-corrected chi connectivity index (χ3v) is 7.18. The number of H-pyrrole nitrogens is 1. The van der Waals surface area contributed by atoms with Crippen LogP contribution in [0.5, 0.6) is 0 Å². The van der Waals surface area contributed by atoms with E-state index in [2.05, 4.69) is 15.2 Å². The second kappa shape index (κ2) is 6.40. The first-order valence-corrected chi connectivity index (χ1v) is 10.8. The van der Waals surface area contributed by atoms with Crippen molar-refractivity contribution in [2.24, 2.45) is 5.92 Å². The van der Waals surface area contributed by atoms with Gasteiger partial charge in [0.15, 0.2) is 0 Å². The minimum absolute atomic E-state index is 0.00814. The Balaban J connectivity index is 1.45. The molecule has 4 aromatic rings. The van der Waals surface area contributed by atoms with Gasteiger partial charge in [0, 0.05) is 11.6 Å².